The van der Waals surface area contributed by atoms with Crippen LogP contribution in [0.15, 0.2) is 0 Å². The molecule has 0 aliphatic carbocycles. The first-order chi connectivity index (χ1) is 9.22. The van der Waals surface area contributed by atoms with Crippen LogP contribution in [0.4, 0.5) is 0 Å². The number of hydrogen-bond acceptors (Lipinski definition) is 4. The molecule has 2 heterocycles. The van der Waals surface area contributed by atoms with Crippen LogP contribution in [0, 0.1) is 5.92 Å². The summed E-state index contributed by atoms with van der Waals surface area (Å²) in [6.45, 7) is 9.26. The minimum absolute atomic E-state index is 0.871. The van der Waals surface area contributed by atoms with Gasteiger partial charge in [-0.1, -0.05) is 13.8 Å². The van der Waals surface area contributed by atoms with Gasteiger partial charge < -0.3 is 10.2 Å². The van der Waals surface area contributed by atoms with E-state index in [1.165, 1.54) is 48.1 Å². The molecule has 0 radical (unpaired) electrons. The quantitative estimate of drug-likeness (QED) is 0.869. The maximum atomic E-state index is 4.80. The zero-order valence-corrected chi connectivity index (χ0v) is 13.4. The molecule has 1 N–H and O–H groups in total. The molecule has 2 rings (SSSR count). The van der Waals surface area contributed by atoms with Gasteiger partial charge in [-0.05, 0) is 38.8 Å². The first-order valence-corrected chi connectivity index (χ1v) is 8.39. The van der Waals surface area contributed by atoms with E-state index < -0.39 is 0 Å². The molecule has 1 unspecified atom stereocenters. The smallest absolute Gasteiger partial charge is 0.0944 e. The lowest BCUT2D eigenvalue weighted by Gasteiger charge is -2.30. The largest absolute Gasteiger partial charge is 0.315 e. The number of aryl methyl sites for hydroxylation is 1. The number of rotatable bonds is 6. The van der Waals surface area contributed by atoms with Crippen molar-refractivity contribution in [2.24, 2.45) is 5.92 Å². The molecule has 3 nitrogen and oxygen atoms in total. The second-order valence-electron chi connectivity index (χ2n) is 5.66. The van der Waals surface area contributed by atoms with E-state index in [2.05, 4.69) is 24.1 Å². The Bertz CT molecular complexity index is 389. The summed E-state index contributed by atoms with van der Waals surface area (Å²) in [6.07, 6.45) is 4.94. The third kappa shape index (κ3) is 4.26. The van der Waals surface area contributed by atoms with Crippen LogP contribution in [0.3, 0.4) is 0 Å². The Balaban J connectivity index is 1.88. The minimum Gasteiger partial charge on any atom is -0.315 e. The van der Waals surface area contributed by atoms with Gasteiger partial charge in [-0.15, -0.1) is 11.3 Å². The van der Waals surface area contributed by atoms with Crippen molar-refractivity contribution in [3.8, 4) is 0 Å². The van der Waals surface area contributed by atoms with E-state index >= 15 is 0 Å². The van der Waals surface area contributed by atoms with Crippen molar-refractivity contribution < 1.29 is 0 Å². The molecular formula is C15H27N3S. The minimum atomic E-state index is 0.871. The van der Waals surface area contributed by atoms with E-state index in [-0.39, 0.29) is 0 Å². The molecule has 108 valence electrons. The zero-order chi connectivity index (χ0) is 13.7. The van der Waals surface area contributed by atoms with Crippen molar-refractivity contribution in [1.82, 2.24) is 15.2 Å². The van der Waals surface area contributed by atoms with E-state index in [4.69, 9.17) is 4.98 Å². The SMILES string of the molecule is CCc1nc(CCN2CCCC(C)C2)sc1CNC. The van der Waals surface area contributed by atoms with E-state index in [0.717, 1.165) is 25.3 Å². The summed E-state index contributed by atoms with van der Waals surface area (Å²) < 4.78 is 0. The van der Waals surface area contributed by atoms with Crippen LogP contribution in [0.1, 0.15) is 42.3 Å². The molecule has 1 aliphatic rings. The average Bonchev–Trinajstić information content (AvgIpc) is 2.79. The molecular weight excluding hydrogens is 254 g/mol. The highest BCUT2D eigenvalue weighted by Gasteiger charge is 2.17. The summed E-state index contributed by atoms with van der Waals surface area (Å²) in [5.74, 6) is 0.871. The second kappa shape index (κ2) is 7.36. The Morgan fingerprint density at radius 2 is 2.32 bits per heavy atom. The van der Waals surface area contributed by atoms with Gasteiger partial charge in [0.15, 0.2) is 0 Å². The van der Waals surface area contributed by atoms with Gasteiger partial charge in [-0.2, -0.15) is 0 Å². The molecule has 1 saturated heterocycles. The lowest BCUT2D eigenvalue weighted by molar-refractivity contribution is 0.186. The van der Waals surface area contributed by atoms with Crippen molar-refractivity contribution in [2.45, 2.75) is 46.1 Å². The first-order valence-electron chi connectivity index (χ1n) is 7.57. The average molecular weight is 281 g/mol. The van der Waals surface area contributed by atoms with Crippen LogP contribution in [0.5, 0.6) is 0 Å². The summed E-state index contributed by atoms with van der Waals surface area (Å²) in [7, 11) is 2.01. The fourth-order valence-electron chi connectivity index (χ4n) is 2.86. The number of aromatic nitrogens is 1. The lowest BCUT2D eigenvalue weighted by atomic mass is 10.0. The monoisotopic (exact) mass is 281 g/mol. The van der Waals surface area contributed by atoms with Gasteiger partial charge in [0, 0.05) is 30.9 Å². The highest BCUT2D eigenvalue weighted by molar-refractivity contribution is 7.11. The van der Waals surface area contributed by atoms with Gasteiger partial charge in [-0.3, -0.25) is 0 Å². The Hall–Kier alpha value is -0.450. The maximum absolute atomic E-state index is 4.80. The van der Waals surface area contributed by atoms with Crippen LogP contribution in [0.25, 0.3) is 0 Å². The number of nitrogens with zero attached hydrogens (tertiary/aromatic N) is 2. The van der Waals surface area contributed by atoms with Crippen LogP contribution in [0.2, 0.25) is 0 Å². The van der Waals surface area contributed by atoms with Crippen molar-refractivity contribution in [2.75, 3.05) is 26.7 Å². The molecule has 0 spiro atoms. The van der Waals surface area contributed by atoms with Crippen molar-refractivity contribution in [1.29, 1.82) is 0 Å². The third-order valence-corrected chi connectivity index (χ3v) is 5.04. The zero-order valence-electron chi connectivity index (χ0n) is 12.5. The molecule has 1 aromatic rings. The van der Waals surface area contributed by atoms with Crippen LogP contribution in [-0.4, -0.2) is 36.6 Å². The van der Waals surface area contributed by atoms with Crippen LogP contribution < -0.4 is 5.32 Å². The summed E-state index contributed by atoms with van der Waals surface area (Å²) >= 11 is 1.90. The summed E-state index contributed by atoms with van der Waals surface area (Å²) in [5.41, 5.74) is 1.29. The number of thiazole rings is 1. The number of hydrogen-bond donors (Lipinski definition) is 1. The fourth-order valence-corrected chi connectivity index (χ4v) is 4.02. The third-order valence-electron chi connectivity index (χ3n) is 3.88. The van der Waals surface area contributed by atoms with Crippen molar-refractivity contribution >= 4 is 11.3 Å². The molecule has 19 heavy (non-hydrogen) atoms. The number of nitrogens with one attached hydrogen (secondary N) is 1. The van der Waals surface area contributed by atoms with Gasteiger partial charge in [0.25, 0.3) is 0 Å². The predicted molar refractivity (Wildman–Crippen MR) is 82.8 cm³/mol. The Morgan fingerprint density at radius 3 is 3.00 bits per heavy atom. The molecule has 0 bridgehead atoms. The molecule has 1 fully saturated rings. The highest BCUT2D eigenvalue weighted by Crippen LogP contribution is 2.21. The van der Waals surface area contributed by atoms with E-state index in [1.54, 1.807) is 0 Å². The van der Waals surface area contributed by atoms with Gasteiger partial charge in [0.2, 0.25) is 0 Å². The molecule has 1 aromatic heterocycles. The highest BCUT2D eigenvalue weighted by atomic mass is 32.1. The predicted octanol–water partition coefficient (Wildman–Crippen LogP) is 2.70. The van der Waals surface area contributed by atoms with Gasteiger partial charge in [0.1, 0.15) is 0 Å². The lowest BCUT2D eigenvalue weighted by Crippen LogP contribution is -2.35. The molecule has 1 aliphatic heterocycles. The van der Waals surface area contributed by atoms with E-state index in [1.807, 2.05) is 18.4 Å². The second-order valence-corrected chi connectivity index (χ2v) is 6.83. The molecule has 4 heteroatoms. The normalized spacial score (nSPS) is 20.9. The van der Waals surface area contributed by atoms with Crippen LogP contribution >= 0.6 is 11.3 Å². The summed E-state index contributed by atoms with van der Waals surface area (Å²) in [5, 5.41) is 4.56. The van der Waals surface area contributed by atoms with Gasteiger partial charge in [-0.25, -0.2) is 4.98 Å². The molecule has 0 saturated carbocycles. The Kier molecular flexibility index (Phi) is 5.79. The summed E-state index contributed by atoms with van der Waals surface area (Å²) in [6, 6.07) is 0. The number of likely N-dealkylation sites (tertiary alicyclic amines) is 1. The molecule has 1 atom stereocenters. The van der Waals surface area contributed by atoms with E-state index in [9.17, 15) is 0 Å². The van der Waals surface area contributed by atoms with E-state index in [0.29, 0.717) is 0 Å². The molecule has 0 amide bonds. The molecule has 0 aromatic carbocycles. The number of piperidine rings is 1. The van der Waals surface area contributed by atoms with Crippen LogP contribution in [-0.2, 0) is 19.4 Å². The Morgan fingerprint density at radius 1 is 1.47 bits per heavy atom. The fraction of sp³-hybridized carbons (Fsp3) is 0.800. The summed E-state index contributed by atoms with van der Waals surface area (Å²) in [4.78, 5) is 8.84. The van der Waals surface area contributed by atoms with Gasteiger partial charge in [0.05, 0.1) is 10.7 Å². The maximum Gasteiger partial charge on any atom is 0.0944 e. The van der Waals surface area contributed by atoms with Crippen molar-refractivity contribution in [3.63, 3.8) is 0 Å². The standard InChI is InChI=1S/C15H27N3S/c1-4-13-14(10-16-3)19-15(17-13)7-9-18-8-5-6-12(2)11-18/h12,16H,4-11H2,1-3H3. The first kappa shape index (κ1) is 14.9. The van der Waals surface area contributed by atoms with Crippen molar-refractivity contribution in [3.05, 3.63) is 15.6 Å². The topological polar surface area (TPSA) is 28.2 Å². The van der Waals surface area contributed by atoms with Gasteiger partial charge >= 0.3 is 0 Å². The Labute approximate surface area is 121 Å².